The molecule has 0 bridgehead atoms. The normalized spacial score (nSPS) is 17.0. The highest BCUT2D eigenvalue weighted by Gasteiger charge is 2.35. The molecule has 0 radical (unpaired) electrons. The van der Waals surface area contributed by atoms with E-state index in [4.69, 9.17) is 9.47 Å². The van der Waals surface area contributed by atoms with Gasteiger partial charge in [-0.15, -0.1) is 11.3 Å². The molecule has 1 aliphatic heterocycles. The lowest BCUT2D eigenvalue weighted by atomic mass is 9.95. The van der Waals surface area contributed by atoms with Gasteiger partial charge in [-0.2, -0.15) is 0 Å². The van der Waals surface area contributed by atoms with Gasteiger partial charge in [0.2, 0.25) is 12.7 Å². The van der Waals surface area contributed by atoms with Gasteiger partial charge in [0, 0.05) is 22.7 Å². The highest BCUT2D eigenvalue weighted by molar-refractivity contribution is 7.10. The third-order valence-electron chi connectivity index (χ3n) is 5.31. The van der Waals surface area contributed by atoms with Crippen LogP contribution in [-0.2, 0) is 9.59 Å². The third kappa shape index (κ3) is 4.23. The number of amides is 2. The lowest BCUT2D eigenvalue weighted by molar-refractivity contribution is -0.128. The number of hydrogen-bond acceptors (Lipinski definition) is 6. The van der Waals surface area contributed by atoms with E-state index in [2.05, 4.69) is 5.32 Å². The number of carbonyl (C=O) groups excluding carboxylic acids is 2. The topological polar surface area (TPSA) is 88.1 Å². The van der Waals surface area contributed by atoms with E-state index >= 15 is 0 Å². The van der Waals surface area contributed by atoms with Crippen molar-refractivity contribution in [2.45, 2.75) is 44.2 Å². The Balaban J connectivity index is 1.69. The molecule has 7 nitrogen and oxygen atoms in total. The van der Waals surface area contributed by atoms with Gasteiger partial charge in [-0.25, -0.2) is 0 Å². The van der Waals surface area contributed by atoms with Crippen LogP contribution in [0.3, 0.4) is 0 Å². The Labute approximate surface area is 173 Å². The SMILES string of the molecule is O=C(NC1CCCCC1)C(c1cccs1)N(C(=O)CO)c1ccc2c(c1)OCO2. The molecule has 2 aromatic rings. The van der Waals surface area contributed by atoms with Gasteiger partial charge in [-0.3, -0.25) is 14.5 Å². The summed E-state index contributed by atoms with van der Waals surface area (Å²) >= 11 is 1.41. The zero-order valence-electron chi connectivity index (χ0n) is 16.0. The zero-order chi connectivity index (χ0) is 20.2. The van der Waals surface area contributed by atoms with Crippen molar-refractivity contribution in [3.8, 4) is 11.5 Å². The fraction of sp³-hybridized carbons (Fsp3) is 0.429. The largest absolute Gasteiger partial charge is 0.454 e. The van der Waals surface area contributed by atoms with Crippen LogP contribution in [0.2, 0.25) is 0 Å². The molecule has 154 valence electrons. The Hall–Kier alpha value is -2.58. The number of ether oxygens (including phenoxy) is 2. The number of fused-ring (bicyclic) bond motifs is 1. The second-order valence-corrected chi connectivity index (χ2v) is 8.20. The van der Waals surface area contributed by atoms with Crippen molar-refractivity contribution in [1.29, 1.82) is 0 Å². The number of aliphatic hydroxyl groups excluding tert-OH is 1. The second-order valence-electron chi connectivity index (χ2n) is 7.22. The summed E-state index contributed by atoms with van der Waals surface area (Å²) in [4.78, 5) is 28.2. The summed E-state index contributed by atoms with van der Waals surface area (Å²) in [7, 11) is 0. The molecule has 0 spiro atoms. The van der Waals surface area contributed by atoms with Crippen LogP contribution in [0.5, 0.6) is 11.5 Å². The first-order chi connectivity index (χ1) is 14.2. The van der Waals surface area contributed by atoms with E-state index in [0.717, 1.165) is 30.6 Å². The summed E-state index contributed by atoms with van der Waals surface area (Å²) in [6, 6.07) is 8.01. The molecule has 1 aromatic heterocycles. The van der Waals surface area contributed by atoms with Crippen molar-refractivity contribution >= 4 is 28.8 Å². The van der Waals surface area contributed by atoms with Crippen molar-refractivity contribution < 1.29 is 24.2 Å². The monoisotopic (exact) mass is 416 g/mol. The molecular formula is C21H24N2O5S. The number of thiophene rings is 1. The molecule has 1 saturated carbocycles. The minimum absolute atomic E-state index is 0.113. The first-order valence-electron chi connectivity index (χ1n) is 9.83. The predicted octanol–water partition coefficient (Wildman–Crippen LogP) is 2.99. The van der Waals surface area contributed by atoms with Gasteiger partial charge in [0.05, 0.1) is 0 Å². The van der Waals surface area contributed by atoms with Crippen molar-refractivity contribution in [3.63, 3.8) is 0 Å². The highest BCUT2D eigenvalue weighted by Crippen LogP contribution is 2.38. The molecule has 29 heavy (non-hydrogen) atoms. The standard InChI is InChI=1S/C21H24N2O5S/c24-12-19(25)23(15-8-9-16-17(11-15)28-13-27-16)20(18-7-4-10-29-18)21(26)22-14-5-2-1-3-6-14/h4,7-11,14,20,24H,1-3,5-6,12-13H2,(H,22,26). The van der Waals surface area contributed by atoms with Crippen molar-refractivity contribution in [3.05, 3.63) is 40.6 Å². The van der Waals surface area contributed by atoms with Gasteiger partial charge in [0.1, 0.15) is 12.6 Å². The molecule has 1 aromatic carbocycles. The van der Waals surface area contributed by atoms with Crippen LogP contribution in [0, 0.1) is 0 Å². The molecule has 1 unspecified atom stereocenters. The van der Waals surface area contributed by atoms with Crippen molar-refractivity contribution in [2.24, 2.45) is 0 Å². The molecule has 2 amide bonds. The van der Waals surface area contributed by atoms with Crippen LogP contribution in [-0.4, -0.2) is 36.4 Å². The second kappa shape index (κ2) is 8.84. The zero-order valence-corrected chi connectivity index (χ0v) is 16.8. The minimum Gasteiger partial charge on any atom is -0.454 e. The quantitative estimate of drug-likeness (QED) is 0.756. The number of anilines is 1. The number of benzene rings is 1. The van der Waals surface area contributed by atoms with Gasteiger partial charge >= 0.3 is 0 Å². The summed E-state index contributed by atoms with van der Waals surface area (Å²) in [5.74, 6) is 0.306. The van der Waals surface area contributed by atoms with Gasteiger partial charge in [0.25, 0.3) is 5.91 Å². The summed E-state index contributed by atoms with van der Waals surface area (Å²) in [6.45, 7) is -0.587. The predicted molar refractivity (Wildman–Crippen MR) is 109 cm³/mol. The van der Waals surface area contributed by atoms with E-state index in [1.54, 1.807) is 18.2 Å². The fourth-order valence-corrected chi connectivity index (χ4v) is 4.71. The van der Waals surface area contributed by atoms with Gasteiger partial charge in [-0.1, -0.05) is 25.3 Å². The minimum atomic E-state index is -0.864. The maximum atomic E-state index is 13.3. The van der Waals surface area contributed by atoms with E-state index in [9.17, 15) is 14.7 Å². The third-order valence-corrected chi connectivity index (χ3v) is 6.23. The van der Waals surface area contributed by atoms with E-state index in [0.29, 0.717) is 17.2 Å². The summed E-state index contributed by atoms with van der Waals surface area (Å²) in [5, 5.41) is 14.6. The van der Waals surface area contributed by atoms with Crippen LogP contribution in [0.15, 0.2) is 35.7 Å². The van der Waals surface area contributed by atoms with Crippen LogP contribution in [0.4, 0.5) is 5.69 Å². The molecular weight excluding hydrogens is 392 g/mol. The highest BCUT2D eigenvalue weighted by atomic mass is 32.1. The van der Waals surface area contributed by atoms with Gasteiger partial charge in [-0.05, 0) is 36.4 Å². The smallest absolute Gasteiger partial charge is 0.253 e. The van der Waals surface area contributed by atoms with Crippen LogP contribution < -0.4 is 19.7 Å². The van der Waals surface area contributed by atoms with Crippen LogP contribution in [0.1, 0.15) is 43.0 Å². The lowest BCUT2D eigenvalue weighted by Crippen LogP contribution is -2.47. The van der Waals surface area contributed by atoms with Crippen LogP contribution >= 0.6 is 11.3 Å². The average Bonchev–Trinajstić information content (AvgIpc) is 3.43. The van der Waals surface area contributed by atoms with E-state index < -0.39 is 18.6 Å². The number of carbonyl (C=O) groups is 2. The van der Waals surface area contributed by atoms with E-state index in [1.165, 1.54) is 22.7 Å². The average molecular weight is 416 g/mol. The van der Waals surface area contributed by atoms with E-state index in [-0.39, 0.29) is 18.7 Å². The number of nitrogens with one attached hydrogen (secondary N) is 1. The molecule has 2 heterocycles. The molecule has 0 saturated heterocycles. The summed E-state index contributed by atoms with van der Waals surface area (Å²) in [6.07, 6.45) is 5.26. The molecule has 2 aliphatic rings. The van der Waals surface area contributed by atoms with E-state index in [1.807, 2.05) is 17.5 Å². The molecule has 8 heteroatoms. The Bertz CT molecular complexity index is 864. The van der Waals surface area contributed by atoms with Gasteiger partial charge < -0.3 is 19.9 Å². The Morgan fingerprint density at radius 2 is 1.97 bits per heavy atom. The maximum Gasteiger partial charge on any atom is 0.253 e. The summed E-state index contributed by atoms with van der Waals surface area (Å²) < 4.78 is 10.8. The Morgan fingerprint density at radius 1 is 1.17 bits per heavy atom. The molecule has 1 aliphatic carbocycles. The molecule has 2 N–H and O–H groups in total. The van der Waals surface area contributed by atoms with Crippen molar-refractivity contribution in [2.75, 3.05) is 18.3 Å². The number of rotatable bonds is 6. The Morgan fingerprint density at radius 3 is 2.69 bits per heavy atom. The Kier molecular flexibility index (Phi) is 6.01. The number of nitrogens with zero attached hydrogens (tertiary/aromatic N) is 1. The first kappa shape index (κ1) is 19.7. The van der Waals surface area contributed by atoms with Crippen LogP contribution in [0.25, 0.3) is 0 Å². The molecule has 1 atom stereocenters. The maximum absolute atomic E-state index is 13.3. The molecule has 4 rings (SSSR count). The number of aliphatic hydroxyl groups is 1. The first-order valence-corrected chi connectivity index (χ1v) is 10.7. The number of hydrogen-bond donors (Lipinski definition) is 2. The summed E-state index contributed by atoms with van der Waals surface area (Å²) in [5.41, 5.74) is 0.477. The van der Waals surface area contributed by atoms with Crippen molar-refractivity contribution in [1.82, 2.24) is 5.32 Å². The van der Waals surface area contributed by atoms with Gasteiger partial charge in [0.15, 0.2) is 11.5 Å². The fourth-order valence-electron chi connectivity index (χ4n) is 3.90. The lowest BCUT2D eigenvalue weighted by Gasteiger charge is -2.32. The molecule has 1 fully saturated rings.